The summed E-state index contributed by atoms with van der Waals surface area (Å²) in [6.07, 6.45) is 1.80. The molecule has 2 aromatic heterocycles. The quantitative estimate of drug-likeness (QED) is 0.509. The van der Waals surface area contributed by atoms with Crippen LogP contribution in [-0.2, 0) is 13.0 Å². The Bertz CT molecular complexity index is 1220. The molecule has 0 fully saturated rings. The third-order valence-corrected chi connectivity index (χ3v) is 5.52. The topological polar surface area (TPSA) is 59.3 Å². The van der Waals surface area contributed by atoms with Crippen molar-refractivity contribution in [2.45, 2.75) is 26.8 Å². The fraction of sp³-hybridized carbons (Fsp3) is 0.174. The molecule has 0 saturated carbocycles. The van der Waals surface area contributed by atoms with E-state index in [2.05, 4.69) is 15.4 Å². The number of aryl methyl sites for hydroxylation is 2. The van der Waals surface area contributed by atoms with Crippen molar-refractivity contribution in [3.63, 3.8) is 0 Å². The molecule has 4 rings (SSSR count). The molecule has 152 valence electrons. The van der Waals surface area contributed by atoms with E-state index >= 15 is 0 Å². The predicted molar refractivity (Wildman–Crippen MR) is 114 cm³/mol. The zero-order valence-electron chi connectivity index (χ0n) is 16.6. The van der Waals surface area contributed by atoms with Crippen LogP contribution in [0.15, 0.2) is 54.7 Å². The fourth-order valence-corrected chi connectivity index (χ4v) is 3.71. The lowest BCUT2D eigenvalue weighted by Crippen LogP contribution is -2.23. The minimum Gasteiger partial charge on any atom is -0.348 e. The number of hydrogen-bond donors (Lipinski definition) is 1. The van der Waals surface area contributed by atoms with Crippen molar-refractivity contribution in [2.24, 2.45) is 0 Å². The molecule has 30 heavy (non-hydrogen) atoms. The summed E-state index contributed by atoms with van der Waals surface area (Å²) in [6.45, 7) is 4.14. The smallest absolute Gasteiger partial charge is 0.257 e. The summed E-state index contributed by atoms with van der Waals surface area (Å²) in [6, 6.07) is 14.3. The molecule has 0 aliphatic rings. The zero-order chi connectivity index (χ0) is 21.3. The normalized spacial score (nSPS) is 11.1. The van der Waals surface area contributed by atoms with Crippen LogP contribution in [0.4, 0.5) is 4.39 Å². The van der Waals surface area contributed by atoms with Crippen LogP contribution in [0.5, 0.6) is 0 Å². The van der Waals surface area contributed by atoms with Gasteiger partial charge in [0.1, 0.15) is 11.4 Å². The highest BCUT2D eigenvalue weighted by Gasteiger charge is 2.19. The van der Waals surface area contributed by atoms with E-state index in [9.17, 15) is 9.18 Å². The highest BCUT2D eigenvalue weighted by atomic mass is 35.5. The van der Waals surface area contributed by atoms with Gasteiger partial charge in [-0.2, -0.15) is 5.10 Å². The summed E-state index contributed by atoms with van der Waals surface area (Å²) >= 11 is 6.20. The van der Waals surface area contributed by atoms with E-state index in [0.717, 1.165) is 16.8 Å². The van der Waals surface area contributed by atoms with E-state index in [1.165, 1.54) is 12.3 Å². The van der Waals surface area contributed by atoms with E-state index in [1.807, 2.05) is 44.2 Å². The molecule has 2 aromatic carbocycles. The first kappa shape index (κ1) is 20.0. The zero-order valence-corrected chi connectivity index (χ0v) is 17.4. The minimum atomic E-state index is -0.358. The lowest BCUT2D eigenvalue weighted by atomic mass is 10.0. The number of nitrogens with zero attached hydrogens (tertiary/aromatic N) is 3. The number of fused-ring (bicyclic) bond motifs is 1. The maximum Gasteiger partial charge on any atom is 0.257 e. The Morgan fingerprint density at radius 1 is 1.10 bits per heavy atom. The number of carbonyl (C=O) groups excluding carboxylic acids is 1. The van der Waals surface area contributed by atoms with Crippen LogP contribution in [0, 0.1) is 19.7 Å². The van der Waals surface area contributed by atoms with Crippen molar-refractivity contribution in [2.75, 3.05) is 0 Å². The number of carbonyl (C=O) groups is 1. The standard InChI is InChI=1S/C23H20ClFN4O/c1-14-17(11-18-20(24)9-6-10-21(18)25)15(2)29-22(28-14)19(13-27-29)23(30)26-12-16-7-4-3-5-8-16/h3-10,13H,11-12H2,1-2H3,(H,26,30). The number of nitrogens with one attached hydrogen (secondary N) is 1. The third-order valence-electron chi connectivity index (χ3n) is 5.16. The number of benzene rings is 2. The molecule has 0 atom stereocenters. The van der Waals surface area contributed by atoms with Crippen LogP contribution < -0.4 is 5.32 Å². The Morgan fingerprint density at radius 2 is 1.87 bits per heavy atom. The van der Waals surface area contributed by atoms with Crippen LogP contribution in [0.3, 0.4) is 0 Å². The van der Waals surface area contributed by atoms with Crippen molar-refractivity contribution < 1.29 is 9.18 Å². The SMILES string of the molecule is Cc1nc2c(C(=O)NCc3ccccc3)cnn2c(C)c1Cc1c(F)cccc1Cl. The Hall–Kier alpha value is -3.25. The molecule has 5 nitrogen and oxygen atoms in total. The molecule has 0 spiro atoms. The molecule has 4 aromatic rings. The average Bonchev–Trinajstić information content (AvgIpc) is 3.16. The number of rotatable bonds is 5. The van der Waals surface area contributed by atoms with Crippen molar-refractivity contribution in [3.05, 3.63) is 99.2 Å². The first-order valence-electron chi connectivity index (χ1n) is 9.54. The van der Waals surface area contributed by atoms with Crippen molar-refractivity contribution >= 4 is 23.2 Å². The van der Waals surface area contributed by atoms with Gasteiger partial charge in [0, 0.05) is 34.9 Å². The van der Waals surface area contributed by atoms with Gasteiger partial charge in [0.25, 0.3) is 5.91 Å². The highest BCUT2D eigenvalue weighted by molar-refractivity contribution is 6.31. The first-order chi connectivity index (χ1) is 14.5. The maximum absolute atomic E-state index is 14.3. The summed E-state index contributed by atoms with van der Waals surface area (Å²) in [5.41, 5.74) is 4.61. The van der Waals surface area contributed by atoms with Crippen molar-refractivity contribution in [1.82, 2.24) is 19.9 Å². The molecular formula is C23H20ClFN4O. The number of aromatic nitrogens is 3. The number of hydrogen-bond acceptors (Lipinski definition) is 3. The Kier molecular flexibility index (Phi) is 5.50. The van der Waals surface area contributed by atoms with Crippen LogP contribution in [0.1, 0.15) is 38.4 Å². The molecule has 0 bridgehead atoms. The van der Waals surface area contributed by atoms with Gasteiger partial charge < -0.3 is 5.32 Å². The van der Waals surface area contributed by atoms with Gasteiger partial charge in [0.15, 0.2) is 5.65 Å². The van der Waals surface area contributed by atoms with Crippen LogP contribution in [0.2, 0.25) is 5.02 Å². The lowest BCUT2D eigenvalue weighted by molar-refractivity contribution is 0.0952. The van der Waals surface area contributed by atoms with Crippen molar-refractivity contribution in [1.29, 1.82) is 0 Å². The Morgan fingerprint density at radius 3 is 2.60 bits per heavy atom. The van der Waals surface area contributed by atoms with Crippen LogP contribution in [-0.4, -0.2) is 20.5 Å². The summed E-state index contributed by atoms with van der Waals surface area (Å²) in [4.78, 5) is 17.3. The second kappa shape index (κ2) is 8.24. The fourth-order valence-electron chi connectivity index (χ4n) is 3.48. The predicted octanol–water partition coefficient (Wildman–Crippen LogP) is 4.66. The largest absolute Gasteiger partial charge is 0.348 e. The molecule has 0 aliphatic heterocycles. The molecule has 0 saturated heterocycles. The van der Waals surface area contributed by atoms with Gasteiger partial charge in [0.05, 0.1) is 6.20 Å². The summed E-state index contributed by atoms with van der Waals surface area (Å²) < 4.78 is 15.9. The molecule has 1 amide bonds. The summed E-state index contributed by atoms with van der Waals surface area (Å²) in [5, 5.41) is 7.62. The Labute approximate surface area is 178 Å². The molecule has 0 unspecified atom stereocenters. The molecular weight excluding hydrogens is 403 g/mol. The van der Waals surface area contributed by atoms with Crippen LogP contribution >= 0.6 is 11.6 Å². The lowest BCUT2D eigenvalue weighted by Gasteiger charge is -2.13. The van der Waals surface area contributed by atoms with E-state index < -0.39 is 0 Å². The van der Waals surface area contributed by atoms with E-state index in [1.54, 1.807) is 16.6 Å². The second-order valence-corrected chi connectivity index (χ2v) is 7.51. The van der Waals surface area contributed by atoms with Gasteiger partial charge in [-0.25, -0.2) is 13.9 Å². The van der Waals surface area contributed by atoms with Gasteiger partial charge in [0.2, 0.25) is 0 Å². The average molecular weight is 423 g/mol. The van der Waals surface area contributed by atoms with Crippen LogP contribution in [0.25, 0.3) is 5.65 Å². The van der Waals surface area contributed by atoms with Gasteiger partial charge in [-0.15, -0.1) is 0 Å². The number of halogens is 2. The summed E-state index contributed by atoms with van der Waals surface area (Å²) in [5.74, 6) is -0.604. The van der Waals surface area contributed by atoms with Gasteiger partial charge in [-0.1, -0.05) is 48.0 Å². The first-order valence-corrected chi connectivity index (χ1v) is 9.92. The minimum absolute atomic E-state index is 0.245. The maximum atomic E-state index is 14.3. The third kappa shape index (κ3) is 3.78. The summed E-state index contributed by atoms with van der Waals surface area (Å²) in [7, 11) is 0. The highest BCUT2D eigenvalue weighted by Crippen LogP contribution is 2.26. The van der Waals surface area contributed by atoms with E-state index in [4.69, 9.17) is 11.6 Å². The molecule has 1 N–H and O–H groups in total. The van der Waals surface area contributed by atoms with Gasteiger partial charge >= 0.3 is 0 Å². The van der Waals surface area contributed by atoms with Gasteiger partial charge in [-0.3, -0.25) is 4.79 Å². The monoisotopic (exact) mass is 422 g/mol. The molecule has 7 heteroatoms. The molecule has 0 aliphatic carbocycles. The second-order valence-electron chi connectivity index (χ2n) is 7.10. The van der Waals surface area contributed by atoms with E-state index in [-0.39, 0.29) is 11.7 Å². The van der Waals surface area contributed by atoms with E-state index in [0.29, 0.717) is 40.5 Å². The number of amides is 1. The Balaban J connectivity index is 1.65. The van der Waals surface area contributed by atoms with Crippen molar-refractivity contribution in [3.8, 4) is 0 Å². The molecule has 2 heterocycles. The van der Waals surface area contributed by atoms with Gasteiger partial charge in [-0.05, 0) is 37.1 Å². The molecule has 0 radical (unpaired) electrons.